The summed E-state index contributed by atoms with van der Waals surface area (Å²) in [6, 6.07) is 5.76. The summed E-state index contributed by atoms with van der Waals surface area (Å²) in [5.74, 6) is -0.0407. The number of aromatic nitrogens is 1. The van der Waals surface area contributed by atoms with Gasteiger partial charge < -0.3 is 15.1 Å². The van der Waals surface area contributed by atoms with Crippen molar-refractivity contribution in [2.45, 2.75) is 13.0 Å². The van der Waals surface area contributed by atoms with Gasteiger partial charge in [0.1, 0.15) is 11.6 Å². The Kier molecular flexibility index (Phi) is 2.70. The van der Waals surface area contributed by atoms with E-state index in [1.165, 1.54) is 18.2 Å². The standard InChI is InChI=1S/C13H12FN3O2/c14-9-3-1-2-8(6-9)12(18)17-5-4-10-11(7-17)19-13(15)16-10/h1-3,6H,4-5,7H2,(H2,15,16). The van der Waals surface area contributed by atoms with Crippen molar-refractivity contribution in [1.82, 2.24) is 9.88 Å². The monoisotopic (exact) mass is 261 g/mol. The third-order valence-corrected chi connectivity index (χ3v) is 3.11. The zero-order chi connectivity index (χ0) is 13.4. The number of rotatable bonds is 1. The van der Waals surface area contributed by atoms with Crippen LogP contribution in [0, 0.1) is 5.82 Å². The highest BCUT2D eigenvalue weighted by atomic mass is 19.1. The highest BCUT2D eigenvalue weighted by molar-refractivity contribution is 5.94. The maximum atomic E-state index is 13.1. The number of benzene rings is 1. The highest BCUT2D eigenvalue weighted by Crippen LogP contribution is 2.22. The lowest BCUT2D eigenvalue weighted by molar-refractivity contribution is 0.0719. The minimum atomic E-state index is -0.424. The molecule has 1 amide bonds. The first-order valence-electron chi connectivity index (χ1n) is 5.92. The Hall–Kier alpha value is -2.37. The van der Waals surface area contributed by atoms with Crippen LogP contribution in [0.15, 0.2) is 28.7 Å². The molecule has 98 valence electrons. The number of nitrogen functional groups attached to an aromatic ring is 1. The fourth-order valence-corrected chi connectivity index (χ4v) is 2.19. The van der Waals surface area contributed by atoms with E-state index >= 15 is 0 Å². The molecule has 2 aromatic rings. The van der Waals surface area contributed by atoms with Gasteiger partial charge in [0.15, 0.2) is 0 Å². The van der Waals surface area contributed by atoms with Crippen LogP contribution in [0.1, 0.15) is 21.8 Å². The second kappa shape index (κ2) is 4.38. The molecule has 0 aliphatic carbocycles. The van der Waals surface area contributed by atoms with Crippen molar-refractivity contribution in [3.05, 3.63) is 47.1 Å². The summed E-state index contributed by atoms with van der Waals surface area (Å²) in [5.41, 5.74) is 6.60. The molecule has 19 heavy (non-hydrogen) atoms. The molecule has 1 aliphatic heterocycles. The number of oxazole rings is 1. The number of nitrogens with two attached hydrogens (primary N) is 1. The van der Waals surface area contributed by atoms with Gasteiger partial charge in [0, 0.05) is 18.5 Å². The third-order valence-electron chi connectivity index (χ3n) is 3.11. The Morgan fingerprint density at radius 3 is 3.11 bits per heavy atom. The molecule has 3 rings (SSSR count). The van der Waals surface area contributed by atoms with E-state index in [1.807, 2.05) is 0 Å². The maximum absolute atomic E-state index is 13.1. The molecular weight excluding hydrogens is 249 g/mol. The quantitative estimate of drug-likeness (QED) is 0.846. The molecule has 0 unspecified atom stereocenters. The predicted octanol–water partition coefficient (Wildman–Crippen LogP) is 1.59. The van der Waals surface area contributed by atoms with E-state index in [2.05, 4.69) is 4.98 Å². The Morgan fingerprint density at radius 2 is 2.32 bits per heavy atom. The van der Waals surface area contributed by atoms with Crippen molar-refractivity contribution in [2.75, 3.05) is 12.3 Å². The van der Waals surface area contributed by atoms with Crippen molar-refractivity contribution in [3.63, 3.8) is 0 Å². The highest BCUT2D eigenvalue weighted by Gasteiger charge is 2.25. The molecule has 5 nitrogen and oxygen atoms in total. The number of amides is 1. The number of anilines is 1. The number of fused-ring (bicyclic) bond motifs is 1. The van der Waals surface area contributed by atoms with Gasteiger partial charge in [-0.2, -0.15) is 4.98 Å². The van der Waals surface area contributed by atoms with Crippen LogP contribution < -0.4 is 5.73 Å². The Bertz CT molecular complexity index is 639. The van der Waals surface area contributed by atoms with Crippen molar-refractivity contribution in [1.29, 1.82) is 0 Å². The van der Waals surface area contributed by atoms with Crippen molar-refractivity contribution < 1.29 is 13.6 Å². The SMILES string of the molecule is Nc1nc2c(o1)CN(C(=O)c1cccc(F)c1)CC2. The zero-order valence-electron chi connectivity index (χ0n) is 10.1. The normalized spacial score (nSPS) is 14.3. The van der Waals surface area contributed by atoms with Gasteiger partial charge in [-0.25, -0.2) is 4.39 Å². The average Bonchev–Trinajstić information content (AvgIpc) is 2.76. The van der Waals surface area contributed by atoms with E-state index in [9.17, 15) is 9.18 Å². The molecule has 0 bridgehead atoms. The van der Waals surface area contributed by atoms with E-state index in [1.54, 1.807) is 11.0 Å². The second-order valence-electron chi connectivity index (χ2n) is 4.41. The number of hydrogen-bond acceptors (Lipinski definition) is 4. The largest absolute Gasteiger partial charge is 0.427 e. The Balaban J connectivity index is 1.83. The molecule has 2 heterocycles. The lowest BCUT2D eigenvalue weighted by Gasteiger charge is -2.25. The summed E-state index contributed by atoms with van der Waals surface area (Å²) in [5, 5.41) is 0. The molecule has 0 atom stereocenters. The van der Waals surface area contributed by atoms with Crippen molar-refractivity contribution in [3.8, 4) is 0 Å². The van der Waals surface area contributed by atoms with Crippen LogP contribution >= 0.6 is 0 Å². The minimum absolute atomic E-state index is 0.116. The van der Waals surface area contributed by atoms with Gasteiger partial charge in [0.05, 0.1) is 12.2 Å². The Labute approximate surface area is 108 Å². The van der Waals surface area contributed by atoms with Crippen molar-refractivity contribution >= 4 is 11.9 Å². The number of hydrogen-bond donors (Lipinski definition) is 1. The van der Waals surface area contributed by atoms with Gasteiger partial charge in [-0.15, -0.1) is 0 Å². The summed E-state index contributed by atoms with van der Waals surface area (Å²) >= 11 is 0. The van der Waals surface area contributed by atoms with Crippen LogP contribution in [0.4, 0.5) is 10.4 Å². The van der Waals surface area contributed by atoms with Crippen LogP contribution in [0.25, 0.3) is 0 Å². The number of nitrogens with zero attached hydrogens (tertiary/aromatic N) is 2. The predicted molar refractivity (Wildman–Crippen MR) is 65.8 cm³/mol. The first-order chi connectivity index (χ1) is 9.13. The van der Waals surface area contributed by atoms with E-state index in [-0.39, 0.29) is 11.9 Å². The molecule has 1 aromatic carbocycles. The second-order valence-corrected chi connectivity index (χ2v) is 4.41. The number of carbonyl (C=O) groups excluding carboxylic acids is 1. The lowest BCUT2D eigenvalue weighted by atomic mass is 10.1. The van der Waals surface area contributed by atoms with Crippen LogP contribution in [0.5, 0.6) is 0 Å². The number of halogens is 1. The molecule has 0 saturated carbocycles. The fraction of sp³-hybridized carbons (Fsp3) is 0.231. The molecule has 0 fully saturated rings. The summed E-state index contributed by atoms with van der Waals surface area (Å²) in [6.45, 7) is 0.837. The molecule has 0 radical (unpaired) electrons. The molecule has 0 spiro atoms. The van der Waals surface area contributed by atoms with Gasteiger partial charge in [-0.3, -0.25) is 4.79 Å². The molecule has 2 N–H and O–H groups in total. The maximum Gasteiger partial charge on any atom is 0.292 e. The zero-order valence-corrected chi connectivity index (χ0v) is 10.1. The molecule has 0 saturated heterocycles. The van der Waals surface area contributed by atoms with Crippen LogP contribution in [-0.2, 0) is 13.0 Å². The first-order valence-corrected chi connectivity index (χ1v) is 5.92. The third kappa shape index (κ3) is 2.16. The van der Waals surface area contributed by atoms with E-state index < -0.39 is 5.82 Å². The van der Waals surface area contributed by atoms with Gasteiger partial charge in [0.2, 0.25) is 0 Å². The van der Waals surface area contributed by atoms with Gasteiger partial charge in [-0.1, -0.05) is 6.07 Å². The van der Waals surface area contributed by atoms with Crippen LogP contribution in [0.2, 0.25) is 0 Å². The van der Waals surface area contributed by atoms with Gasteiger partial charge >= 0.3 is 0 Å². The first kappa shape index (κ1) is 11.7. The summed E-state index contributed by atoms with van der Waals surface area (Å²) in [6.07, 6.45) is 0.594. The van der Waals surface area contributed by atoms with Crippen LogP contribution in [0.3, 0.4) is 0 Å². The topological polar surface area (TPSA) is 72.4 Å². The number of carbonyl (C=O) groups is 1. The van der Waals surface area contributed by atoms with Crippen molar-refractivity contribution in [2.24, 2.45) is 0 Å². The Morgan fingerprint density at radius 1 is 1.47 bits per heavy atom. The minimum Gasteiger partial charge on any atom is -0.427 e. The van der Waals surface area contributed by atoms with E-state index in [0.717, 1.165) is 5.69 Å². The fourth-order valence-electron chi connectivity index (χ4n) is 2.19. The molecule has 1 aromatic heterocycles. The smallest absolute Gasteiger partial charge is 0.292 e. The summed E-state index contributed by atoms with van der Waals surface area (Å²) in [4.78, 5) is 17.9. The average molecular weight is 261 g/mol. The summed E-state index contributed by atoms with van der Waals surface area (Å²) in [7, 11) is 0. The van der Waals surface area contributed by atoms with E-state index in [4.69, 9.17) is 10.2 Å². The van der Waals surface area contributed by atoms with Crippen LogP contribution in [-0.4, -0.2) is 22.3 Å². The summed E-state index contributed by atoms with van der Waals surface area (Å²) < 4.78 is 18.4. The van der Waals surface area contributed by atoms with E-state index in [0.29, 0.717) is 30.8 Å². The molecule has 6 heteroatoms. The molecular formula is C13H12FN3O2. The van der Waals surface area contributed by atoms with Gasteiger partial charge in [-0.05, 0) is 18.2 Å². The van der Waals surface area contributed by atoms with Gasteiger partial charge in [0.25, 0.3) is 11.9 Å². The lowest BCUT2D eigenvalue weighted by Crippen LogP contribution is -2.35. The molecule has 1 aliphatic rings.